The van der Waals surface area contributed by atoms with Gasteiger partial charge in [0.05, 0.1) is 6.20 Å². The summed E-state index contributed by atoms with van der Waals surface area (Å²) in [5.41, 5.74) is 4.82. The third-order valence-corrected chi connectivity index (χ3v) is 2.95. The zero-order valence-corrected chi connectivity index (χ0v) is 11.7. The van der Waals surface area contributed by atoms with Crippen LogP contribution in [0.4, 0.5) is 0 Å². The van der Waals surface area contributed by atoms with Crippen molar-refractivity contribution >= 4 is 24.8 Å². The highest BCUT2D eigenvalue weighted by molar-refractivity contribution is 5.85. The van der Waals surface area contributed by atoms with Crippen LogP contribution in [0.2, 0.25) is 0 Å². The van der Waals surface area contributed by atoms with Crippen LogP contribution in [0.5, 0.6) is 0 Å². The van der Waals surface area contributed by atoms with E-state index in [4.69, 9.17) is 0 Å². The predicted molar refractivity (Wildman–Crippen MR) is 76.3 cm³/mol. The molecule has 1 aliphatic rings. The van der Waals surface area contributed by atoms with Gasteiger partial charge in [0, 0.05) is 55.8 Å². The molecule has 6 heteroatoms. The van der Waals surface area contributed by atoms with E-state index in [1.165, 1.54) is 11.3 Å². The van der Waals surface area contributed by atoms with Gasteiger partial charge in [-0.3, -0.25) is 9.67 Å². The fraction of sp³-hybridized carbons (Fsp3) is 0.333. The normalized spacial score (nSPS) is 13.2. The van der Waals surface area contributed by atoms with Gasteiger partial charge in [-0.05, 0) is 11.6 Å². The fourth-order valence-electron chi connectivity index (χ4n) is 2.07. The van der Waals surface area contributed by atoms with Gasteiger partial charge in [-0.15, -0.1) is 24.8 Å². The van der Waals surface area contributed by atoms with Crippen molar-refractivity contribution in [3.63, 3.8) is 0 Å². The lowest BCUT2D eigenvalue weighted by molar-refractivity contribution is 0.630. The van der Waals surface area contributed by atoms with Crippen LogP contribution >= 0.6 is 24.8 Å². The summed E-state index contributed by atoms with van der Waals surface area (Å²) in [6.45, 7) is 1.96. The molecule has 0 radical (unpaired) electrons. The summed E-state index contributed by atoms with van der Waals surface area (Å²) < 4.78 is 1.81. The second-order valence-electron chi connectivity index (χ2n) is 4.16. The molecule has 0 amide bonds. The molecule has 1 aliphatic heterocycles. The van der Waals surface area contributed by atoms with Gasteiger partial charge < -0.3 is 5.32 Å². The first-order chi connectivity index (χ1) is 7.83. The molecule has 98 valence electrons. The number of aromatic nitrogens is 3. The van der Waals surface area contributed by atoms with Crippen molar-refractivity contribution in [2.24, 2.45) is 7.05 Å². The fourth-order valence-corrected chi connectivity index (χ4v) is 2.07. The number of aryl methyl sites for hydroxylation is 1. The van der Waals surface area contributed by atoms with Gasteiger partial charge in [-0.2, -0.15) is 5.10 Å². The van der Waals surface area contributed by atoms with E-state index in [0.717, 1.165) is 30.6 Å². The molecule has 3 rings (SSSR count). The first-order valence-electron chi connectivity index (χ1n) is 5.50. The van der Waals surface area contributed by atoms with Crippen LogP contribution in [0.15, 0.2) is 24.7 Å². The van der Waals surface area contributed by atoms with E-state index < -0.39 is 0 Å². The average molecular weight is 287 g/mol. The standard InChI is InChI=1S/C12H14N4.2ClH/c1-16-8-11(7-15-16)9-4-10-5-13-3-2-12(10)14-6-9;;/h4,6-8,13H,2-3,5H2,1H3;2*1H. The Morgan fingerprint density at radius 1 is 1.22 bits per heavy atom. The molecule has 0 spiro atoms. The van der Waals surface area contributed by atoms with E-state index in [1.807, 2.05) is 30.3 Å². The second kappa shape index (κ2) is 6.18. The Kier molecular flexibility index (Phi) is 5.14. The molecule has 0 fully saturated rings. The van der Waals surface area contributed by atoms with Crippen molar-refractivity contribution in [2.75, 3.05) is 6.54 Å². The van der Waals surface area contributed by atoms with E-state index in [2.05, 4.69) is 21.5 Å². The van der Waals surface area contributed by atoms with Gasteiger partial charge in [0.25, 0.3) is 0 Å². The van der Waals surface area contributed by atoms with Gasteiger partial charge in [-0.25, -0.2) is 0 Å². The van der Waals surface area contributed by atoms with Crippen LogP contribution in [0, 0.1) is 0 Å². The van der Waals surface area contributed by atoms with Crippen molar-refractivity contribution in [1.82, 2.24) is 20.1 Å². The van der Waals surface area contributed by atoms with Crippen molar-refractivity contribution in [3.8, 4) is 11.1 Å². The lowest BCUT2D eigenvalue weighted by Crippen LogP contribution is -2.24. The molecular formula is C12H16Cl2N4. The number of pyridine rings is 1. The predicted octanol–water partition coefficient (Wildman–Crippen LogP) is 1.97. The lowest BCUT2D eigenvalue weighted by Gasteiger charge is -2.16. The summed E-state index contributed by atoms with van der Waals surface area (Å²) in [7, 11) is 1.93. The van der Waals surface area contributed by atoms with Gasteiger partial charge in [-0.1, -0.05) is 0 Å². The number of fused-ring (bicyclic) bond motifs is 1. The SMILES string of the molecule is Cl.Cl.Cn1cc(-c2cnc3c(c2)CNCC3)cn1. The Morgan fingerprint density at radius 3 is 2.78 bits per heavy atom. The minimum atomic E-state index is 0. The number of hydrogen-bond donors (Lipinski definition) is 1. The van der Waals surface area contributed by atoms with Crippen LogP contribution in [0.25, 0.3) is 11.1 Å². The van der Waals surface area contributed by atoms with E-state index in [9.17, 15) is 0 Å². The van der Waals surface area contributed by atoms with Crippen molar-refractivity contribution in [2.45, 2.75) is 13.0 Å². The minimum Gasteiger partial charge on any atom is -0.312 e. The smallest absolute Gasteiger partial charge is 0.0568 e. The van der Waals surface area contributed by atoms with Crippen LogP contribution in [0.1, 0.15) is 11.3 Å². The van der Waals surface area contributed by atoms with Gasteiger partial charge in [0.1, 0.15) is 0 Å². The number of halogens is 2. The maximum atomic E-state index is 4.53. The zero-order valence-electron chi connectivity index (χ0n) is 10.1. The summed E-state index contributed by atoms with van der Waals surface area (Å²) in [5, 5.41) is 7.54. The van der Waals surface area contributed by atoms with E-state index in [0.29, 0.717) is 0 Å². The number of hydrogen-bond acceptors (Lipinski definition) is 3. The number of nitrogens with one attached hydrogen (secondary N) is 1. The Bertz CT molecular complexity index is 525. The van der Waals surface area contributed by atoms with Crippen LogP contribution in [-0.2, 0) is 20.0 Å². The van der Waals surface area contributed by atoms with E-state index in [-0.39, 0.29) is 24.8 Å². The van der Waals surface area contributed by atoms with Crippen molar-refractivity contribution in [3.05, 3.63) is 35.9 Å². The highest BCUT2D eigenvalue weighted by Crippen LogP contribution is 2.21. The second-order valence-corrected chi connectivity index (χ2v) is 4.16. The average Bonchev–Trinajstić information content (AvgIpc) is 2.75. The molecule has 0 atom stereocenters. The first kappa shape index (κ1) is 15.0. The monoisotopic (exact) mass is 286 g/mol. The molecule has 0 aliphatic carbocycles. The molecular weight excluding hydrogens is 271 g/mol. The van der Waals surface area contributed by atoms with Gasteiger partial charge >= 0.3 is 0 Å². The van der Waals surface area contributed by atoms with Crippen LogP contribution in [0.3, 0.4) is 0 Å². The molecule has 3 heterocycles. The molecule has 0 saturated heterocycles. The summed E-state index contributed by atoms with van der Waals surface area (Å²) >= 11 is 0. The molecule has 2 aromatic heterocycles. The van der Waals surface area contributed by atoms with Gasteiger partial charge in [0.2, 0.25) is 0 Å². The number of rotatable bonds is 1. The third-order valence-electron chi connectivity index (χ3n) is 2.95. The zero-order chi connectivity index (χ0) is 11.0. The lowest BCUT2D eigenvalue weighted by atomic mass is 10.0. The molecule has 0 saturated carbocycles. The molecule has 0 unspecified atom stereocenters. The molecule has 1 N–H and O–H groups in total. The summed E-state index contributed by atoms with van der Waals surface area (Å²) in [5.74, 6) is 0. The highest BCUT2D eigenvalue weighted by atomic mass is 35.5. The summed E-state index contributed by atoms with van der Waals surface area (Å²) in [4.78, 5) is 4.53. The molecule has 0 aromatic carbocycles. The largest absolute Gasteiger partial charge is 0.312 e. The minimum absolute atomic E-state index is 0. The van der Waals surface area contributed by atoms with E-state index >= 15 is 0 Å². The van der Waals surface area contributed by atoms with Crippen LogP contribution in [-0.4, -0.2) is 21.3 Å². The summed E-state index contributed by atoms with van der Waals surface area (Å²) in [6.07, 6.45) is 6.86. The Labute approximate surface area is 119 Å². The van der Waals surface area contributed by atoms with Gasteiger partial charge in [0.15, 0.2) is 0 Å². The molecule has 0 bridgehead atoms. The maximum absolute atomic E-state index is 4.53. The molecule has 4 nitrogen and oxygen atoms in total. The Hall–Kier alpha value is -1.10. The molecule has 18 heavy (non-hydrogen) atoms. The Balaban J connectivity index is 0.000000810. The molecule has 2 aromatic rings. The first-order valence-corrected chi connectivity index (χ1v) is 5.50. The van der Waals surface area contributed by atoms with Crippen molar-refractivity contribution < 1.29 is 0 Å². The van der Waals surface area contributed by atoms with Crippen LogP contribution < -0.4 is 5.32 Å². The Morgan fingerprint density at radius 2 is 2.06 bits per heavy atom. The highest BCUT2D eigenvalue weighted by Gasteiger charge is 2.11. The van der Waals surface area contributed by atoms with Crippen molar-refractivity contribution in [1.29, 1.82) is 0 Å². The third kappa shape index (κ3) is 2.83. The summed E-state index contributed by atoms with van der Waals surface area (Å²) in [6, 6.07) is 2.21. The number of nitrogens with zero attached hydrogens (tertiary/aromatic N) is 3. The van der Waals surface area contributed by atoms with E-state index in [1.54, 1.807) is 0 Å². The quantitative estimate of drug-likeness (QED) is 0.872. The topological polar surface area (TPSA) is 42.7 Å². The maximum Gasteiger partial charge on any atom is 0.0568 e.